The number of ether oxygens (including phenoxy) is 4. The van der Waals surface area contributed by atoms with Crippen molar-refractivity contribution in [3.8, 4) is 11.5 Å². The standard InChI is InChI=1S/C13H19NO6S/c1-17-10-3-4-12(11(9-10)18-2)21(15,16)14-6-5-13-19-7-8-20-13/h3-4,9,13-14H,5-8H2,1-2H3. The molecule has 21 heavy (non-hydrogen) atoms. The van der Waals surface area contributed by atoms with Gasteiger partial charge in [-0.2, -0.15) is 0 Å². The molecule has 0 atom stereocenters. The molecule has 1 N–H and O–H groups in total. The maximum absolute atomic E-state index is 12.3. The highest BCUT2D eigenvalue weighted by Gasteiger charge is 2.21. The quantitative estimate of drug-likeness (QED) is 0.799. The number of benzene rings is 1. The average molecular weight is 317 g/mol. The van der Waals surface area contributed by atoms with Crippen molar-refractivity contribution in [1.82, 2.24) is 4.72 Å². The molecule has 1 fully saturated rings. The number of nitrogens with one attached hydrogen (secondary N) is 1. The predicted molar refractivity (Wildman–Crippen MR) is 75.0 cm³/mol. The Hall–Kier alpha value is -1.35. The van der Waals surface area contributed by atoms with Crippen LogP contribution in [0.2, 0.25) is 0 Å². The van der Waals surface area contributed by atoms with Crippen LogP contribution in [0.3, 0.4) is 0 Å². The molecule has 2 rings (SSSR count). The summed E-state index contributed by atoms with van der Waals surface area (Å²) in [7, 11) is -0.748. The number of hydrogen-bond donors (Lipinski definition) is 1. The Kier molecular flexibility index (Phi) is 5.40. The third-order valence-corrected chi connectivity index (χ3v) is 4.52. The van der Waals surface area contributed by atoms with Gasteiger partial charge in [0, 0.05) is 19.0 Å². The van der Waals surface area contributed by atoms with Crippen LogP contribution in [0.1, 0.15) is 6.42 Å². The van der Waals surface area contributed by atoms with Gasteiger partial charge in [-0.1, -0.05) is 0 Å². The Morgan fingerprint density at radius 1 is 1.24 bits per heavy atom. The number of sulfonamides is 1. The van der Waals surface area contributed by atoms with Crippen molar-refractivity contribution in [1.29, 1.82) is 0 Å². The lowest BCUT2D eigenvalue weighted by Crippen LogP contribution is -2.28. The molecule has 0 saturated carbocycles. The number of rotatable bonds is 7. The maximum atomic E-state index is 12.3. The summed E-state index contributed by atoms with van der Waals surface area (Å²) in [5.74, 6) is 0.758. The molecule has 7 nitrogen and oxygen atoms in total. The second-order valence-corrected chi connectivity index (χ2v) is 6.11. The Labute approximate surface area is 124 Å². The molecule has 1 aromatic rings. The van der Waals surface area contributed by atoms with Crippen molar-refractivity contribution in [3.63, 3.8) is 0 Å². The van der Waals surface area contributed by atoms with Gasteiger partial charge in [0.25, 0.3) is 0 Å². The largest absolute Gasteiger partial charge is 0.497 e. The highest BCUT2D eigenvalue weighted by atomic mass is 32.2. The lowest BCUT2D eigenvalue weighted by atomic mass is 10.3. The first-order valence-electron chi connectivity index (χ1n) is 6.51. The summed E-state index contributed by atoms with van der Waals surface area (Å²) in [5, 5.41) is 0. The van der Waals surface area contributed by atoms with Crippen LogP contribution in [0.5, 0.6) is 11.5 Å². The first-order chi connectivity index (χ1) is 10.1. The highest BCUT2D eigenvalue weighted by molar-refractivity contribution is 7.89. The number of hydrogen-bond acceptors (Lipinski definition) is 6. The third-order valence-electron chi connectivity index (χ3n) is 3.02. The normalized spacial score (nSPS) is 16.1. The second kappa shape index (κ2) is 7.08. The van der Waals surface area contributed by atoms with Crippen molar-refractivity contribution < 1.29 is 27.4 Å². The zero-order chi connectivity index (χ0) is 15.3. The van der Waals surface area contributed by atoms with Crippen LogP contribution in [0.25, 0.3) is 0 Å². The average Bonchev–Trinajstić information content (AvgIpc) is 2.99. The summed E-state index contributed by atoms with van der Waals surface area (Å²) in [6.07, 6.45) is 0.114. The van der Waals surface area contributed by atoms with Crippen LogP contribution in [0.15, 0.2) is 23.1 Å². The summed E-state index contributed by atoms with van der Waals surface area (Å²) >= 11 is 0. The van der Waals surface area contributed by atoms with Gasteiger partial charge in [0.05, 0.1) is 27.4 Å². The van der Waals surface area contributed by atoms with E-state index in [1.807, 2.05) is 0 Å². The van der Waals surface area contributed by atoms with Gasteiger partial charge in [-0.15, -0.1) is 0 Å². The molecule has 0 aliphatic carbocycles. The summed E-state index contributed by atoms with van der Waals surface area (Å²) in [5.41, 5.74) is 0. The van der Waals surface area contributed by atoms with Gasteiger partial charge < -0.3 is 18.9 Å². The first kappa shape index (κ1) is 16.0. The molecule has 8 heteroatoms. The highest BCUT2D eigenvalue weighted by Crippen LogP contribution is 2.28. The fraction of sp³-hybridized carbons (Fsp3) is 0.538. The van der Waals surface area contributed by atoms with Gasteiger partial charge in [-0.3, -0.25) is 0 Å². The fourth-order valence-corrected chi connectivity index (χ4v) is 3.16. The Bertz CT molecular complexity index is 568. The van der Waals surface area contributed by atoms with Crippen LogP contribution < -0.4 is 14.2 Å². The summed E-state index contributed by atoms with van der Waals surface area (Å²) in [6.45, 7) is 1.32. The topological polar surface area (TPSA) is 83.1 Å². The Morgan fingerprint density at radius 3 is 2.57 bits per heavy atom. The Morgan fingerprint density at radius 2 is 1.95 bits per heavy atom. The van der Waals surface area contributed by atoms with Gasteiger partial charge in [0.2, 0.25) is 10.0 Å². The summed E-state index contributed by atoms with van der Waals surface area (Å²) in [6, 6.07) is 4.54. The SMILES string of the molecule is COc1ccc(S(=O)(=O)NCCC2OCCO2)c(OC)c1. The Balaban J connectivity index is 2.04. The van der Waals surface area contributed by atoms with Crippen LogP contribution in [-0.2, 0) is 19.5 Å². The maximum Gasteiger partial charge on any atom is 0.244 e. The van der Waals surface area contributed by atoms with Crippen LogP contribution in [0.4, 0.5) is 0 Å². The smallest absolute Gasteiger partial charge is 0.244 e. The van der Waals surface area contributed by atoms with Gasteiger partial charge in [-0.25, -0.2) is 13.1 Å². The third kappa shape index (κ3) is 4.07. The molecule has 118 valence electrons. The van der Waals surface area contributed by atoms with E-state index in [2.05, 4.69) is 4.72 Å². The molecule has 0 radical (unpaired) electrons. The monoisotopic (exact) mass is 317 g/mol. The van der Waals surface area contributed by atoms with Crippen LogP contribution in [0, 0.1) is 0 Å². The van der Waals surface area contributed by atoms with E-state index < -0.39 is 10.0 Å². The van der Waals surface area contributed by atoms with Gasteiger partial charge in [0.15, 0.2) is 6.29 Å². The summed E-state index contributed by atoms with van der Waals surface area (Å²) in [4.78, 5) is 0.0686. The lowest BCUT2D eigenvalue weighted by molar-refractivity contribution is -0.0451. The van der Waals surface area contributed by atoms with Crippen LogP contribution >= 0.6 is 0 Å². The molecular formula is C13H19NO6S. The summed E-state index contributed by atoms with van der Waals surface area (Å²) < 4.78 is 47.7. The molecule has 1 heterocycles. The molecule has 0 unspecified atom stereocenters. The first-order valence-corrected chi connectivity index (χ1v) is 8.00. The minimum Gasteiger partial charge on any atom is -0.497 e. The van der Waals surface area contributed by atoms with E-state index >= 15 is 0 Å². The van der Waals surface area contributed by atoms with Gasteiger partial charge in [-0.05, 0) is 12.1 Å². The predicted octanol–water partition coefficient (Wildman–Crippen LogP) is 0.745. The van der Waals surface area contributed by atoms with Crippen molar-refractivity contribution in [2.24, 2.45) is 0 Å². The van der Waals surface area contributed by atoms with Crippen molar-refractivity contribution in [2.45, 2.75) is 17.6 Å². The molecule has 1 saturated heterocycles. The van der Waals surface area contributed by atoms with Crippen molar-refractivity contribution >= 4 is 10.0 Å². The van der Waals surface area contributed by atoms with E-state index in [1.165, 1.54) is 26.4 Å². The van der Waals surface area contributed by atoms with E-state index in [0.717, 1.165) is 0 Å². The molecule has 1 aliphatic heterocycles. The molecule has 0 bridgehead atoms. The van der Waals surface area contributed by atoms with E-state index in [0.29, 0.717) is 25.4 Å². The molecular weight excluding hydrogens is 298 g/mol. The molecule has 1 aliphatic rings. The van der Waals surface area contributed by atoms with E-state index in [-0.39, 0.29) is 23.5 Å². The zero-order valence-corrected chi connectivity index (χ0v) is 12.8. The molecule has 0 spiro atoms. The molecule has 1 aromatic carbocycles. The molecule has 0 amide bonds. The van der Waals surface area contributed by atoms with Gasteiger partial charge in [0.1, 0.15) is 16.4 Å². The minimum absolute atomic E-state index is 0.0686. The van der Waals surface area contributed by atoms with E-state index in [9.17, 15) is 8.42 Å². The minimum atomic E-state index is -3.66. The number of methoxy groups -OCH3 is 2. The van der Waals surface area contributed by atoms with Gasteiger partial charge >= 0.3 is 0 Å². The van der Waals surface area contributed by atoms with E-state index in [4.69, 9.17) is 18.9 Å². The molecule has 0 aromatic heterocycles. The fourth-order valence-electron chi connectivity index (χ4n) is 1.96. The zero-order valence-electron chi connectivity index (χ0n) is 12.0. The lowest BCUT2D eigenvalue weighted by Gasteiger charge is -2.13. The van der Waals surface area contributed by atoms with Crippen molar-refractivity contribution in [3.05, 3.63) is 18.2 Å². The second-order valence-electron chi connectivity index (χ2n) is 4.37. The van der Waals surface area contributed by atoms with E-state index in [1.54, 1.807) is 6.07 Å². The van der Waals surface area contributed by atoms with Crippen LogP contribution in [-0.4, -0.2) is 48.7 Å². The van der Waals surface area contributed by atoms with Crippen molar-refractivity contribution in [2.75, 3.05) is 34.0 Å².